The molecule has 2 aromatic rings. The van der Waals surface area contributed by atoms with Gasteiger partial charge in [-0.05, 0) is 17.7 Å². The Labute approximate surface area is 172 Å². The fourth-order valence-corrected chi connectivity index (χ4v) is 4.06. The van der Waals surface area contributed by atoms with E-state index in [1.54, 1.807) is 26.2 Å². The van der Waals surface area contributed by atoms with Crippen LogP contribution in [0.15, 0.2) is 42.5 Å². The lowest BCUT2D eigenvalue weighted by Gasteiger charge is -2.25. The summed E-state index contributed by atoms with van der Waals surface area (Å²) in [7, 11) is 4.71. The van der Waals surface area contributed by atoms with Crippen molar-refractivity contribution in [3.05, 3.63) is 53.6 Å². The Morgan fingerprint density at radius 1 is 1.00 bits per heavy atom. The molecule has 0 radical (unpaired) electrons. The van der Waals surface area contributed by atoms with Crippen LogP contribution in [0.1, 0.15) is 30.0 Å². The number of quaternary nitrogens is 1. The lowest BCUT2D eigenvalue weighted by molar-refractivity contribution is -0.918. The number of benzene rings is 2. The minimum absolute atomic E-state index is 0.0150. The highest BCUT2D eigenvalue weighted by Gasteiger charge is 2.27. The van der Waals surface area contributed by atoms with Crippen LogP contribution in [0.4, 0.5) is 0 Å². The van der Waals surface area contributed by atoms with E-state index in [0.29, 0.717) is 23.8 Å². The number of likely N-dealkylation sites (tertiary alicyclic amines) is 1. The van der Waals surface area contributed by atoms with Crippen LogP contribution >= 0.6 is 0 Å². The molecule has 1 aliphatic rings. The Morgan fingerprint density at radius 3 is 2.17 bits per heavy atom. The number of rotatable bonds is 9. The summed E-state index contributed by atoms with van der Waals surface area (Å²) in [6.07, 6.45) is 2.75. The molecule has 29 heavy (non-hydrogen) atoms. The second-order valence-electron chi connectivity index (χ2n) is 7.34. The van der Waals surface area contributed by atoms with E-state index in [-0.39, 0.29) is 18.4 Å². The number of carbonyl (C=O) groups excluding carboxylic acids is 1. The Hall–Kier alpha value is -2.73. The van der Waals surface area contributed by atoms with Gasteiger partial charge in [-0.2, -0.15) is 0 Å². The number of hydrogen-bond acceptors (Lipinski definition) is 4. The maximum absolute atomic E-state index is 12.7. The van der Waals surface area contributed by atoms with Crippen molar-refractivity contribution in [3.63, 3.8) is 0 Å². The molecule has 0 aliphatic carbocycles. The van der Waals surface area contributed by atoms with Gasteiger partial charge in [0.2, 0.25) is 11.7 Å². The lowest BCUT2D eigenvalue weighted by atomic mass is 10.1. The van der Waals surface area contributed by atoms with Gasteiger partial charge in [0.15, 0.2) is 11.5 Å². The molecule has 0 saturated carbocycles. The minimum atomic E-state index is -0.0150. The van der Waals surface area contributed by atoms with Crippen LogP contribution in [0.5, 0.6) is 17.2 Å². The number of nitrogens with one attached hydrogen (secondary N) is 2. The van der Waals surface area contributed by atoms with Gasteiger partial charge in [0.25, 0.3) is 0 Å². The monoisotopic (exact) mass is 399 g/mol. The maximum atomic E-state index is 12.7. The zero-order valence-corrected chi connectivity index (χ0v) is 17.5. The van der Waals surface area contributed by atoms with Gasteiger partial charge < -0.3 is 24.4 Å². The molecule has 1 heterocycles. The zero-order valence-electron chi connectivity index (χ0n) is 17.5. The molecule has 156 valence electrons. The SMILES string of the molecule is COc1cc(CC(=O)NC[C@@H](c2ccccc2)[NH+]2CCCC2)cc(OC)c1OC. The van der Waals surface area contributed by atoms with Crippen LogP contribution in [-0.4, -0.2) is 46.9 Å². The van der Waals surface area contributed by atoms with Crippen molar-refractivity contribution in [2.45, 2.75) is 25.3 Å². The van der Waals surface area contributed by atoms with Gasteiger partial charge in [0.05, 0.1) is 47.4 Å². The highest BCUT2D eigenvalue weighted by atomic mass is 16.5. The van der Waals surface area contributed by atoms with Gasteiger partial charge in [-0.3, -0.25) is 4.79 Å². The van der Waals surface area contributed by atoms with Gasteiger partial charge in [-0.15, -0.1) is 0 Å². The Morgan fingerprint density at radius 2 is 1.62 bits per heavy atom. The van der Waals surface area contributed by atoms with E-state index in [0.717, 1.165) is 18.7 Å². The summed E-state index contributed by atoms with van der Waals surface area (Å²) in [5.41, 5.74) is 2.10. The second-order valence-corrected chi connectivity index (χ2v) is 7.34. The van der Waals surface area contributed by atoms with Crippen LogP contribution in [-0.2, 0) is 11.2 Å². The molecule has 1 fully saturated rings. The third kappa shape index (κ3) is 5.21. The molecule has 1 atom stereocenters. The molecular weight excluding hydrogens is 368 g/mol. The lowest BCUT2D eigenvalue weighted by Crippen LogP contribution is -3.11. The summed E-state index contributed by atoms with van der Waals surface area (Å²) < 4.78 is 16.1. The molecule has 1 aliphatic heterocycles. The first-order chi connectivity index (χ1) is 14.2. The topological polar surface area (TPSA) is 61.2 Å². The first-order valence-electron chi connectivity index (χ1n) is 10.1. The van der Waals surface area contributed by atoms with Crippen LogP contribution in [0.3, 0.4) is 0 Å². The summed E-state index contributed by atoms with van der Waals surface area (Å²) in [5, 5.41) is 3.14. The second kappa shape index (κ2) is 10.2. The van der Waals surface area contributed by atoms with E-state index in [9.17, 15) is 4.79 Å². The Kier molecular flexibility index (Phi) is 7.36. The first-order valence-corrected chi connectivity index (χ1v) is 10.1. The quantitative estimate of drug-likeness (QED) is 0.675. The molecule has 1 saturated heterocycles. The van der Waals surface area contributed by atoms with E-state index in [4.69, 9.17) is 14.2 Å². The van der Waals surface area contributed by atoms with Crippen molar-refractivity contribution in [1.29, 1.82) is 0 Å². The van der Waals surface area contributed by atoms with Gasteiger partial charge in [0, 0.05) is 18.4 Å². The highest BCUT2D eigenvalue weighted by Crippen LogP contribution is 2.38. The van der Waals surface area contributed by atoms with Crippen molar-refractivity contribution in [3.8, 4) is 17.2 Å². The summed E-state index contributed by atoms with van der Waals surface area (Å²) >= 11 is 0. The third-order valence-electron chi connectivity index (χ3n) is 5.53. The fourth-order valence-electron chi connectivity index (χ4n) is 4.06. The van der Waals surface area contributed by atoms with Crippen LogP contribution in [0.25, 0.3) is 0 Å². The van der Waals surface area contributed by atoms with E-state index in [1.807, 2.05) is 18.2 Å². The van der Waals surface area contributed by atoms with E-state index in [2.05, 4.69) is 29.6 Å². The summed E-state index contributed by atoms with van der Waals surface area (Å²) in [6, 6.07) is 14.4. The molecular formula is C23H31N2O4+. The van der Waals surface area contributed by atoms with Gasteiger partial charge in [-0.25, -0.2) is 0 Å². The average molecular weight is 400 g/mol. The van der Waals surface area contributed by atoms with Crippen molar-refractivity contribution >= 4 is 5.91 Å². The first kappa shape index (κ1) is 21.0. The fraction of sp³-hybridized carbons (Fsp3) is 0.435. The van der Waals surface area contributed by atoms with Crippen molar-refractivity contribution in [1.82, 2.24) is 5.32 Å². The van der Waals surface area contributed by atoms with Crippen LogP contribution in [0, 0.1) is 0 Å². The molecule has 3 rings (SSSR count). The van der Waals surface area contributed by atoms with E-state index < -0.39 is 0 Å². The minimum Gasteiger partial charge on any atom is -0.493 e. The van der Waals surface area contributed by atoms with Crippen LogP contribution in [0.2, 0.25) is 0 Å². The highest BCUT2D eigenvalue weighted by molar-refractivity contribution is 5.79. The maximum Gasteiger partial charge on any atom is 0.224 e. The molecule has 0 spiro atoms. The molecule has 0 unspecified atom stereocenters. The number of methoxy groups -OCH3 is 3. The number of hydrogen-bond donors (Lipinski definition) is 2. The molecule has 0 bridgehead atoms. The molecule has 1 amide bonds. The van der Waals surface area contributed by atoms with Crippen molar-refractivity contribution < 1.29 is 23.9 Å². The normalized spacial score (nSPS) is 15.0. The standard InChI is InChI=1S/C23H30N2O4/c1-27-20-13-17(14-21(28-2)23(20)29-3)15-22(26)24-16-19(25-11-7-8-12-25)18-9-5-4-6-10-18/h4-6,9-10,13-14,19H,7-8,11-12,15-16H2,1-3H3,(H,24,26)/p+1/t19-/m0/s1. The van der Waals surface area contributed by atoms with Crippen molar-refractivity contribution in [2.24, 2.45) is 0 Å². The van der Waals surface area contributed by atoms with Crippen LogP contribution < -0.4 is 24.4 Å². The smallest absolute Gasteiger partial charge is 0.224 e. The van der Waals surface area contributed by atoms with E-state index >= 15 is 0 Å². The third-order valence-corrected chi connectivity index (χ3v) is 5.53. The van der Waals surface area contributed by atoms with Crippen molar-refractivity contribution in [2.75, 3.05) is 41.0 Å². The molecule has 0 aromatic heterocycles. The number of ether oxygens (including phenoxy) is 3. The molecule has 6 heteroatoms. The predicted octanol–water partition coefficient (Wildman–Crippen LogP) is 1.79. The summed E-state index contributed by atoms with van der Waals surface area (Å²) in [5.74, 6) is 1.62. The predicted molar refractivity (Wildman–Crippen MR) is 112 cm³/mol. The summed E-state index contributed by atoms with van der Waals surface area (Å²) in [6.45, 7) is 2.94. The number of carbonyl (C=O) groups is 1. The van der Waals surface area contributed by atoms with Gasteiger partial charge in [-0.1, -0.05) is 30.3 Å². The molecule has 6 nitrogen and oxygen atoms in total. The largest absolute Gasteiger partial charge is 0.493 e. The average Bonchev–Trinajstić information content (AvgIpc) is 3.28. The van der Waals surface area contributed by atoms with Gasteiger partial charge in [0.1, 0.15) is 6.04 Å². The molecule has 2 aromatic carbocycles. The van der Waals surface area contributed by atoms with E-state index in [1.165, 1.54) is 18.4 Å². The molecule has 2 N–H and O–H groups in total. The number of amides is 1. The zero-order chi connectivity index (χ0) is 20.6. The summed E-state index contributed by atoms with van der Waals surface area (Å²) in [4.78, 5) is 14.2. The van der Waals surface area contributed by atoms with Gasteiger partial charge >= 0.3 is 0 Å². The Balaban J connectivity index is 1.68. The Bertz CT molecular complexity index is 779.